The van der Waals surface area contributed by atoms with E-state index in [2.05, 4.69) is 10.7 Å². The molecule has 0 saturated heterocycles. The Morgan fingerprint density at radius 2 is 2.33 bits per heavy atom. The number of hydrogen-bond donors (Lipinski definition) is 0. The SMILES string of the molecule is C#Cc1cccc(OC(=O)F)c1. The average molecular weight is 164 g/mol. The van der Waals surface area contributed by atoms with Gasteiger partial charge in [0.05, 0.1) is 0 Å². The monoisotopic (exact) mass is 164 g/mol. The summed E-state index contributed by atoms with van der Waals surface area (Å²) in [6.07, 6.45) is 3.22. The molecule has 0 unspecified atom stereocenters. The van der Waals surface area contributed by atoms with Crippen molar-refractivity contribution in [3.8, 4) is 18.1 Å². The van der Waals surface area contributed by atoms with E-state index >= 15 is 0 Å². The van der Waals surface area contributed by atoms with Crippen LogP contribution in [0.25, 0.3) is 0 Å². The minimum Gasteiger partial charge on any atom is -0.401 e. The predicted molar refractivity (Wildman–Crippen MR) is 41.5 cm³/mol. The van der Waals surface area contributed by atoms with E-state index in [9.17, 15) is 9.18 Å². The van der Waals surface area contributed by atoms with Gasteiger partial charge in [-0.05, 0) is 18.2 Å². The molecule has 0 fully saturated rings. The van der Waals surface area contributed by atoms with Gasteiger partial charge in [0, 0.05) is 5.56 Å². The van der Waals surface area contributed by atoms with Crippen molar-refractivity contribution < 1.29 is 13.9 Å². The largest absolute Gasteiger partial charge is 0.500 e. The highest BCUT2D eigenvalue weighted by atomic mass is 19.1. The molecule has 0 aromatic heterocycles. The third-order valence-electron chi connectivity index (χ3n) is 1.20. The summed E-state index contributed by atoms with van der Waals surface area (Å²) >= 11 is 0. The molecule has 0 amide bonds. The van der Waals surface area contributed by atoms with Crippen molar-refractivity contribution >= 4 is 6.22 Å². The number of terminal acetylenes is 1. The molecule has 2 nitrogen and oxygen atoms in total. The first kappa shape index (κ1) is 8.28. The third-order valence-corrected chi connectivity index (χ3v) is 1.20. The summed E-state index contributed by atoms with van der Waals surface area (Å²) in [6, 6.07) is 6.07. The zero-order chi connectivity index (χ0) is 8.97. The molecule has 0 radical (unpaired) electrons. The molecule has 0 heterocycles. The predicted octanol–water partition coefficient (Wildman–Crippen LogP) is 2.14. The number of carbonyl (C=O) groups excluding carboxylic acids is 1. The molecule has 0 atom stereocenters. The van der Waals surface area contributed by atoms with Crippen LogP contribution in [-0.2, 0) is 0 Å². The Bertz CT molecular complexity index is 339. The van der Waals surface area contributed by atoms with Crippen LogP contribution in [0, 0.1) is 12.3 Å². The van der Waals surface area contributed by atoms with Crippen LogP contribution in [0.1, 0.15) is 5.56 Å². The standard InChI is InChI=1S/C9H5FO2/c1-2-7-4-3-5-8(6-7)12-9(10)11/h1,3-6H. The van der Waals surface area contributed by atoms with Crippen LogP contribution in [0.5, 0.6) is 5.75 Å². The molecule has 1 aromatic carbocycles. The summed E-state index contributed by atoms with van der Waals surface area (Å²) < 4.78 is 15.9. The van der Waals surface area contributed by atoms with E-state index in [-0.39, 0.29) is 5.75 Å². The fourth-order valence-electron chi connectivity index (χ4n) is 0.742. The maximum atomic E-state index is 11.7. The van der Waals surface area contributed by atoms with Crippen LogP contribution >= 0.6 is 0 Å². The zero-order valence-corrected chi connectivity index (χ0v) is 6.08. The lowest BCUT2D eigenvalue weighted by Gasteiger charge is -1.97. The number of ether oxygens (including phenoxy) is 1. The summed E-state index contributed by atoms with van der Waals surface area (Å²) in [5.41, 5.74) is 0.536. The minimum atomic E-state index is -1.84. The second-order valence-corrected chi connectivity index (χ2v) is 2.01. The van der Waals surface area contributed by atoms with Gasteiger partial charge in [-0.2, -0.15) is 0 Å². The topological polar surface area (TPSA) is 26.3 Å². The first-order valence-corrected chi connectivity index (χ1v) is 3.16. The molecule has 0 aliphatic carbocycles. The normalized spacial score (nSPS) is 8.67. The molecular formula is C9H5FO2. The van der Waals surface area contributed by atoms with Gasteiger partial charge in [0.2, 0.25) is 0 Å². The Morgan fingerprint density at radius 3 is 2.92 bits per heavy atom. The Hall–Kier alpha value is -1.82. The summed E-state index contributed by atoms with van der Waals surface area (Å²) in [5, 5.41) is 0. The smallest absolute Gasteiger partial charge is 0.401 e. The van der Waals surface area contributed by atoms with E-state index in [1.54, 1.807) is 12.1 Å². The summed E-state index contributed by atoms with van der Waals surface area (Å²) in [7, 11) is 0. The zero-order valence-electron chi connectivity index (χ0n) is 6.08. The first-order chi connectivity index (χ1) is 5.72. The highest BCUT2D eigenvalue weighted by Crippen LogP contribution is 2.12. The summed E-state index contributed by atoms with van der Waals surface area (Å²) in [5.74, 6) is 2.44. The molecular weight excluding hydrogens is 159 g/mol. The maximum Gasteiger partial charge on any atom is 0.500 e. The first-order valence-electron chi connectivity index (χ1n) is 3.16. The summed E-state index contributed by atoms with van der Waals surface area (Å²) in [4.78, 5) is 9.87. The van der Waals surface area contributed by atoms with Crippen molar-refractivity contribution in [2.75, 3.05) is 0 Å². The van der Waals surface area contributed by atoms with Gasteiger partial charge in [-0.3, -0.25) is 0 Å². The van der Waals surface area contributed by atoms with E-state index in [1.807, 2.05) is 0 Å². The van der Waals surface area contributed by atoms with Crippen LogP contribution in [0.3, 0.4) is 0 Å². The van der Waals surface area contributed by atoms with Crippen molar-refractivity contribution in [2.45, 2.75) is 0 Å². The second-order valence-electron chi connectivity index (χ2n) is 2.01. The van der Waals surface area contributed by atoms with Crippen LogP contribution in [0.4, 0.5) is 9.18 Å². The molecule has 0 N–H and O–H groups in total. The lowest BCUT2D eigenvalue weighted by molar-refractivity contribution is 0.175. The Kier molecular flexibility index (Phi) is 2.44. The number of benzene rings is 1. The lowest BCUT2D eigenvalue weighted by Crippen LogP contribution is -1.96. The highest BCUT2D eigenvalue weighted by Gasteiger charge is 2.00. The van der Waals surface area contributed by atoms with Crippen LogP contribution in [-0.4, -0.2) is 6.22 Å². The Balaban J connectivity index is 2.88. The molecule has 12 heavy (non-hydrogen) atoms. The number of halogens is 1. The van der Waals surface area contributed by atoms with Crippen LogP contribution in [0.2, 0.25) is 0 Å². The molecule has 60 valence electrons. The molecule has 3 heteroatoms. The van der Waals surface area contributed by atoms with E-state index in [1.165, 1.54) is 12.1 Å². The van der Waals surface area contributed by atoms with E-state index in [0.717, 1.165) is 0 Å². The maximum absolute atomic E-state index is 11.7. The van der Waals surface area contributed by atoms with Gasteiger partial charge in [0.25, 0.3) is 0 Å². The van der Waals surface area contributed by atoms with Gasteiger partial charge in [0.15, 0.2) is 0 Å². The Morgan fingerprint density at radius 1 is 1.58 bits per heavy atom. The Labute approximate surface area is 69.0 Å². The van der Waals surface area contributed by atoms with Gasteiger partial charge in [0.1, 0.15) is 5.75 Å². The van der Waals surface area contributed by atoms with Gasteiger partial charge in [-0.25, -0.2) is 4.79 Å². The van der Waals surface area contributed by atoms with E-state index in [0.29, 0.717) is 5.56 Å². The van der Waals surface area contributed by atoms with Gasteiger partial charge in [-0.1, -0.05) is 12.0 Å². The van der Waals surface area contributed by atoms with Crippen LogP contribution < -0.4 is 4.74 Å². The number of rotatable bonds is 1. The average Bonchev–Trinajstić information content (AvgIpc) is 2.03. The summed E-state index contributed by atoms with van der Waals surface area (Å²) in [6.45, 7) is 0. The van der Waals surface area contributed by atoms with Gasteiger partial charge >= 0.3 is 6.22 Å². The fraction of sp³-hybridized carbons (Fsp3) is 0. The lowest BCUT2D eigenvalue weighted by atomic mass is 10.2. The molecule has 0 saturated carbocycles. The van der Waals surface area contributed by atoms with Crippen molar-refractivity contribution in [3.63, 3.8) is 0 Å². The second kappa shape index (κ2) is 3.54. The molecule has 0 aliphatic heterocycles. The molecule has 0 aliphatic rings. The van der Waals surface area contributed by atoms with E-state index in [4.69, 9.17) is 6.42 Å². The molecule has 0 bridgehead atoms. The molecule has 1 aromatic rings. The van der Waals surface area contributed by atoms with Crippen molar-refractivity contribution in [3.05, 3.63) is 29.8 Å². The quantitative estimate of drug-likeness (QED) is 0.469. The highest BCUT2D eigenvalue weighted by molar-refractivity contribution is 5.62. The van der Waals surface area contributed by atoms with Gasteiger partial charge in [-0.15, -0.1) is 10.8 Å². The number of carbonyl (C=O) groups is 1. The molecule has 0 spiro atoms. The van der Waals surface area contributed by atoms with E-state index < -0.39 is 6.22 Å². The third kappa shape index (κ3) is 2.10. The van der Waals surface area contributed by atoms with Crippen molar-refractivity contribution in [1.82, 2.24) is 0 Å². The van der Waals surface area contributed by atoms with Crippen LogP contribution in [0.15, 0.2) is 24.3 Å². The number of hydrogen-bond acceptors (Lipinski definition) is 2. The minimum absolute atomic E-state index is 0.109. The van der Waals surface area contributed by atoms with Crippen molar-refractivity contribution in [1.29, 1.82) is 0 Å². The van der Waals surface area contributed by atoms with Gasteiger partial charge < -0.3 is 4.74 Å². The fourth-order valence-corrected chi connectivity index (χ4v) is 0.742. The molecule has 1 rings (SSSR count). The van der Waals surface area contributed by atoms with Crippen molar-refractivity contribution in [2.24, 2.45) is 0 Å².